The van der Waals surface area contributed by atoms with E-state index < -0.39 is 5.25 Å². The number of rotatable bonds is 9. The number of aryl methyl sites for hydroxylation is 1. The van der Waals surface area contributed by atoms with E-state index in [1.807, 2.05) is 0 Å². The summed E-state index contributed by atoms with van der Waals surface area (Å²) < 4.78 is 21.7. The third-order valence-electron chi connectivity index (χ3n) is 5.17. The van der Waals surface area contributed by atoms with Gasteiger partial charge in [0, 0.05) is 26.2 Å². The smallest absolute Gasteiger partial charge is 0.220 e. The van der Waals surface area contributed by atoms with Crippen LogP contribution in [0.2, 0.25) is 10.0 Å². The largest absolute Gasteiger partial charge is 0.488 e. The number of benzene rings is 3. The van der Waals surface area contributed by atoms with Crippen molar-refractivity contribution >= 4 is 50.9 Å². The maximum Gasteiger partial charge on any atom is 0.220 e. The Hall–Kier alpha value is -2.66. The highest BCUT2D eigenvalue weighted by atomic mass is 79.9. The number of halogens is 4. The van der Waals surface area contributed by atoms with Gasteiger partial charge in [-0.3, -0.25) is 14.7 Å². The lowest BCUT2D eigenvalue weighted by atomic mass is 10.1. The number of aromatic nitrogens is 3. The van der Waals surface area contributed by atoms with Crippen LogP contribution in [0, 0.1) is 22.9 Å². The van der Waals surface area contributed by atoms with Crippen molar-refractivity contribution in [2.75, 3.05) is 6.54 Å². The van der Waals surface area contributed by atoms with Crippen LogP contribution in [0.3, 0.4) is 0 Å². The molecule has 0 N–H and O–H groups in total. The molecule has 4 rings (SSSR count). The molecule has 1 heterocycles. The third-order valence-corrected chi connectivity index (χ3v) is 7.56. The summed E-state index contributed by atoms with van der Waals surface area (Å²) in [6, 6.07) is 16.4. The van der Waals surface area contributed by atoms with Crippen LogP contribution in [0.1, 0.15) is 22.2 Å². The monoisotopic (exact) mass is 610 g/mol. The van der Waals surface area contributed by atoms with Crippen molar-refractivity contribution in [1.29, 1.82) is 0 Å². The van der Waals surface area contributed by atoms with Gasteiger partial charge in [0.25, 0.3) is 0 Å². The van der Waals surface area contributed by atoms with E-state index in [9.17, 15) is 14.5 Å². The van der Waals surface area contributed by atoms with Gasteiger partial charge in [0.05, 0.1) is 4.47 Å². The normalized spacial score (nSPS) is 11.9. The lowest BCUT2D eigenvalue weighted by molar-refractivity contribution is -0.479. The van der Waals surface area contributed by atoms with Gasteiger partial charge in [-0.25, -0.2) is 4.39 Å². The SMILES string of the molecule is Cc1nnc(S[C@@H](C[N+](=O)[O-])c2ccc(OCc3ccc(Cl)cc3Cl)c(Br)c2)n1-c1ccc(F)cc1. The Bertz CT molecular complexity index is 1400. The molecule has 0 aliphatic rings. The molecule has 0 bridgehead atoms. The summed E-state index contributed by atoms with van der Waals surface area (Å²) in [4.78, 5) is 11.1. The first kappa shape index (κ1) is 26.4. The standard InChI is InChI=1S/C24H18BrCl2FN4O3S/c1-14-29-30-24(32(14)19-7-5-18(28)6-8-19)36-23(12-31(33)34)15-3-9-22(20(25)10-15)35-13-16-2-4-17(26)11-21(16)27/h2-11,23H,12-13H2,1H3/t23-/m0/s1. The number of hydrogen-bond acceptors (Lipinski definition) is 6. The van der Waals surface area contributed by atoms with Crippen LogP contribution < -0.4 is 4.74 Å². The Morgan fingerprint density at radius 3 is 2.56 bits per heavy atom. The van der Waals surface area contributed by atoms with Crippen molar-refractivity contribution in [1.82, 2.24) is 14.8 Å². The Labute approximate surface area is 228 Å². The summed E-state index contributed by atoms with van der Waals surface area (Å²) in [5.41, 5.74) is 2.13. The maximum atomic E-state index is 13.4. The van der Waals surface area contributed by atoms with E-state index in [-0.39, 0.29) is 23.9 Å². The van der Waals surface area contributed by atoms with Crippen molar-refractivity contribution in [2.24, 2.45) is 0 Å². The molecule has 0 aliphatic heterocycles. The van der Waals surface area contributed by atoms with E-state index in [0.717, 1.165) is 5.56 Å². The van der Waals surface area contributed by atoms with Crippen molar-refractivity contribution in [3.8, 4) is 11.4 Å². The van der Waals surface area contributed by atoms with E-state index in [1.54, 1.807) is 60.0 Å². The molecule has 4 aromatic rings. The zero-order chi connectivity index (χ0) is 25.8. The predicted octanol–water partition coefficient (Wildman–Crippen LogP) is 7.47. The molecule has 0 spiro atoms. The first-order valence-corrected chi connectivity index (χ1v) is 13.0. The minimum absolute atomic E-state index is 0.223. The number of thioether (sulfide) groups is 1. The molecule has 0 saturated heterocycles. The van der Waals surface area contributed by atoms with Gasteiger partial charge in [0.15, 0.2) is 5.16 Å². The Morgan fingerprint density at radius 2 is 1.89 bits per heavy atom. The van der Waals surface area contributed by atoms with Crippen molar-refractivity contribution in [3.63, 3.8) is 0 Å². The van der Waals surface area contributed by atoms with Crippen LogP contribution in [0.5, 0.6) is 5.75 Å². The first-order valence-electron chi connectivity index (χ1n) is 10.5. The van der Waals surface area contributed by atoms with Crippen LogP contribution in [-0.4, -0.2) is 26.2 Å². The van der Waals surface area contributed by atoms with Crippen molar-refractivity contribution in [2.45, 2.75) is 23.9 Å². The lowest BCUT2D eigenvalue weighted by Crippen LogP contribution is -2.11. The molecule has 0 aliphatic carbocycles. The third kappa shape index (κ3) is 6.36. The zero-order valence-corrected chi connectivity index (χ0v) is 22.6. The highest BCUT2D eigenvalue weighted by Crippen LogP contribution is 2.39. The molecule has 0 fully saturated rings. The van der Waals surface area contributed by atoms with E-state index in [4.69, 9.17) is 27.9 Å². The van der Waals surface area contributed by atoms with Gasteiger partial charge in [-0.15, -0.1) is 10.2 Å². The topological polar surface area (TPSA) is 83.1 Å². The molecular formula is C24H18BrCl2FN4O3S. The number of nitro groups is 1. The Balaban J connectivity index is 1.57. The second-order valence-corrected chi connectivity index (χ2v) is 10.5. The van der Waals surface area contributed by atoms with Crippen LogP contribution in [0.15, 0.2) is 70.3 Å². The minimum Gasteiger partial charge on any atom is -0.488 e. The molecule has 0 radical (unpaired) electrons. The van der Waals surface area contributed by atoms with E-state index in [0.29, 0.717) is 42.5 Å². The summed E-state index contributed by atoms with van der Waals surface area (Å²) in [5, 5.41) is 20.7. The first-order chi connectivity index (χ1) is 17.2. The highest BCUT2D eigenvalue weighted by molar-refractivity contribution is 9.10. The summed E-state index contributed by atoms with van der Waals surface area (Å²) in [7, 11) is 0. The molecule has 3 aromatic carbocycles. The Kier molecular flexibility index (Phi) is 8.50. The maximum absolute atomic E-state index is 13.4. The average Bonchev–Trinajstić information content (AvgIpc) is 3.19. The van der Waals surface area contributed by atoms with Crippen LogP contribution >= 0.6 is 50.9 Å². The van der Waals surface area contributed by atoms with Gasteiger partial charge in [0.2, 0.25) is 6.54 Å². The second-order valence-electron chi connectivity index (χ2n) is 7.68. The molecule has 0 unspecified atom stereocenters. The number of ether oxygens (including phenoxy) is 1. The highest BCUT2D eigenvalue weighted by Gasteiger charge is 2.24. The minimum atomic E-state index is -0.571. The van der Waals surface area contributed by atoms with Gasteiger partial charge < -0.3 is 4.74 Å². The molecular weight excluding hydrogens is 594 g/mol. The van der Waals surface area contributed by atoms with Gasteiger partial charge in [-0.1, -0.05) is 47.1 Å². The molecule has 0 saturated carbocycles. The molecule has 0 amide bonds. The fourth-order valence-electron chi connectivity index (χ4n) is 3.41. The van der Waals surface area contributed by atoms with Gasteiger partial charge in [0.1, 0.15) is 29.2 Å². The predicted molar refractivity (Wildman–Crippen MR) is 141 cm³/mol. The quantitative estimate of drug-likeness (QED) is 0.111. The van der Waals surface area contributed by atoms with Crippen LogP contribution in [-0.2, 0) is 6.61 Å². The molecule has 1 aromatic heterocycles. The number of hydrogen-bond donors (Lipinski definition) is 0. The zero-order valence-electron chi connectivity index (χ0n) is 18.7. The van der Waals surface area contributed by atoms with Crippen molar-refractivity contribution in [3.05, 3.63) is 108 Å². The second kappa shape index (κ2) is 11.6. The summed E-state index contributed by atoms with van der Waals surface area (Å²) in [5.74, 6) is 0.769. The Morgan fingerprint density at radius 1 is 1.14 bits per heavy atom. The van der Waals surface area contributed by atoms with E-state index in [1.165, 1.54) is 23.9 Å². The number of nitrogens with zero attached hydrogens (tertiary/aromatic N) is 4. The summed E-state index contributed by atoms with van der Waals surface area (Å²) >= 11 is 16.9. The lowest BCUT2D eigenvalue weighted by Gasteiger charge is -2.16. The molecule has 1 atom stereocenters. The van der Waals surface area contributed by atoms with Gasteiger partial charge >= 0.3 is 0 Å². The fourth-order valence-corrected chi connectivity index (χ4v) is 5.55. The fraction of sp³-hybridized carbons (Fsp3) is 0.167. The molecule has 12 heteroatoms. The summed E-state index contributed by atoms with van der Waals surface area (Å²) in [6.45, 7) is 1.65. The van der Waals surface area contributed by atoms with Gasteiger partial charge in [-0.2, -0.15) is 0 Å². The van der Waals surface area contributed by atoms with E-state index in [2.05, 4.69) is 26.1 Å². The van der Waals surface area contributed by atoms with Crippen molar-refractivity contribution < 1.29 is 14.1 Å². The molecule has 186 valence electrons. The van der Waals surface area contributed by atoms with Gasteiger partial charge in [-0.05, 0) is 76.9 Å². The molecule has 7 nitrogen and oxygen atoms in total. The van der Waals surface area contributed by atoms with Crippen LogP contribution in [0.4, 0.5) is 4.39 Å². The van der Waals surface area contributed by atoms with Crippen LogP contribution in [0.25, 0.3) is 5.69 Å². The molecule has 36 heavy (non-hydrogen) atoms. The van der Waals surface area contributed by atoms with E-state index >= 15 is 0 Å². The average molecular weight is 612 g/mol. The summed E-state index contributed by atoms with van der Waals surface area (Å²) in [6.07, 6.45) is 0.